The highest BCUT2D eigenvalue weighted by Crippen LogP contribution is 2.11. The van der Waals surface area contributed by atoms with Gasteiger partial charge in [-0.3, -0.25) is 0 Å². The average Bonchev–Trinajstić information content (AvgIpc) is 2.37. The molecule has 0 aromatic rings. The summed E-state index contributed by atoms with van der Waals surface area (Å²) in [4.78, 5) is 0. The first kappa shape index (κ1) is 7.03. The Morgan fingerprint density at radius 2 is 2.44 bits per heavy atom. The molecule has 1 saturated heterocycles. The molecule has 2 heteroatoms. The van der Waals surface area contributed by atoms with E-state index in [0.29, 0.717) is 6.04 Å². The fourth-order valence-corrected chi connectivity index (χ4v) is 1.34. The summed E-state index contributed by atoms with van der Waals surface area (Å²) in [7, 11) is 2.03. The molecule has 1 heterocycles. The maximum Gasteiger partial charge on any atom is 0.00765 e. The Bertz CT molecular complexity index is 77.0. The molecule has 0 aliphatic carbocycles. The van der Waals surface area contributed by atoms with Crippen molar-refractivity contribution in [1.29, 1.82) is 0 Å². The SMILES string of the molecule is CN[C@H](C)[C@H]1CCNC1. The maximum absolute atomic E-state index is 3.35. The van der Waals surface area contributed by atoms with Crippen molar-refractivity contribution in [2.75, 3.05) is 20.1 Å². The summed E-state index contributed by atoms with van der Waals surface area (Å²) in [6.45, 7) is 4.65. The number of nitrogens with one attached hydrogen (secondary N) is 2. The number of hydrogen-bond donors (Lipinski definition) is 2. The van der Waals surface area contributed by atoms with Crippen LogP contribution in [-0.4, -0.2) is 26.2 Å². The average molecular weight is 128 g/mol. The van der Waals surface area contributed by atoms with E-state index in [4.69, 9.17) is 0 Å². The molecule has 9 heavy (non-hydrogen) atoms. The van der Waals surface area contributed by atoms with Crippen molar-refractivity contribution < 1.29 is 0 Å². The first-order valence-electron chi connectivity index (χ1n) is 3.72. The second-order valence-electron chi connectivity index (χ2n) is 2.83. The summed E-state index contributed by atoms with van der Waals surface area (Å²) in [6.07, 6.45) is 1.34. The van der Waals surface area contributed by atoms with Crippen molar-refractivity contribution >= 4 is 0 Å². The van der Waals surface area contributed by atoms with Crippen LogP contribution in [-0.2, 0) is 0 Å². The van der Waals surface area contributed by atoms with Crippen LogP contribution in [0.25, 0.3) is 0 Å². The molecular formula is C7H16N2. The van der Waals surface area contributed by atoms with Crippen LogP contribution < -0.4 is 10.6 Å². The molecule has 2 nitrogen and oxygen atoms in total. The Kier molecular flexibility index (Phi) is 2.49. The van der Waals surface area contributed by atoms with Gasteiger partial charge in [0.15, 0.2) is 0 Å². The molecule has 1 rings (SSSR count). The zero-order valence-corrected chi connectivity index (χ0v) is 6.28. The van der Waals surface area contributed by atoms with E-state index >= 15 is 0 Å². The van der Waals surface area contributed by atoms with E-state index in [-0.39, 0.29) is 0 Å². The van der Waals surface area contributed by atoms with Gasteiger partial charge in [-0.2, -0.15) is 0 Å². The quantitative estimate of drug-likeness (QED) is 0.555. The van der Waals surface area contributed by atoms with Gasteiger partial charge in [0.1, 0.15) is 0 Å². The normalized spacial score (nSPS) is 30.7. The molecule has 0 radical (unpaired) electrons. The lowest BCUT2D eigenvalue weighted by molar-refractivity contribution is 0.425. The first-order valence-corrected chi connectivity index (χ1v) is 3.72. The largest absolute Gasteiger partial charge is 0.317 e. The highest BCUT2D eigenvalue weighted by Gasteiger charge is 2.18. The predicted molar refractivity (Wildman–Crippen MR) is 39.5 cm³/mol. The Hall–Kier alpha value is -0.0800. The van der Waals surface area contributed by atoms with Gasteiger partial charge in [0.25, 0.3) is 0 Å². The van der Waals surface area contributed by atoms with Gasteiger partial charge in [0.05, 0.1) is 0 Å². The third-order valence-electron chi connectivity index (χ3n) is 2.26. The Labute approximate surface area is 57.0 Å². The minimum Gasteiger partial charge on any atom is -0.317 e. The fraction of sp³-hybridized carbons (Fsp3) is 1.00. The van der Waals surface area contributed by atoms with Gasteiger partial charge in [-0.15, -0.1) is 0 Å². The van der Waals surface area contributed by atoms with Crippen LogP contribution in [0, 0.1) is 5.92 Å². The Balaban J connectivity index is 2.24. The minimum atomic E-state index is 0.681. The van der Waals surface area contributed by atoms with Crippen molar-refractivity contribution in [1.82, 2.24) is 10.6 Å². The minimum absolute atomic E-state index is 0.681. The molecule has 2 N–H and O–H groups in total. The van der Waals surface area contributed by atoms with Crippen LogP contribution in [0.1, 0.15) is 13.3 Å². The van der Waals surface area contributed by atoms with Gasteiger partial charge >= 0.3 is 0 Å². The van der Waals surface area contributed by atoms with Crippen molar-refractivity contribution in [3.8, 4) is 0 Å². The maximum atomic E-state index is 3.35. The van der Waals surface area contributed by atoms with Crippen LogP contribution in [0.15, 0.2) is 0 Å². The lowest BCUT2D eigenvalue weighted by Crippen LogP contribution is -2.31. The fourth-order valence-electron chi connectivity index (χ4n) is 1.34. The second-order valence-corrected chi connectivity index (χ2v) is 2.83. The summed E-state index contributed by atoms with van der Waals surface area (Å²) < 4.78 is 0. The van der Waals surface area contributed by atoms with Crippen molar-refractivity contribution in [3.05, 3.63) is 0 Å². The second kappa shape index (κ2) is 3.18. The van der Waals surface area contributed by atoms with Gasteiger partial charge < -0.3 is 10.6 Å². The van der Waals surface area contributed by atoms with Crippen LogP contribution in [0.2, 0.25) is 0 Å². The highest BCUT2D eigenvalue weighted by molar-refractivity contribution is 4.78. The molecule has 0 amide bonds. The van der Waals surface area contributed by atoms with Crippen molar-refractivity contribution in [3.63, 3.8) is 0 Å². The molecule has 0 saturated carbocycles. The predicted octanol–water partition coefficient (Wildman–Crippen LogP) is 0.204. The van der Waals surface area contributed by atoms with Gasteiger partial charge in [-0.25, -0.2) is 0 Å². The molecule has 1 aliphatic heterocycles. The number of hydrogen-bond acceptors (Lipinski definition) is 2. The van der Waals surface area contributed by atoms with Crippen molar-refractivity contribution in [2.45, 2.75) is 19.4 Å². The van der Waals surface area contributed by atoms with Crippen LogP contribution >= 0.6 is 0 Å². The standard InChI is InChI=1S/C7H16N2/c1-6(8-2)7-3-4-9-5-7/h6-9H,3-5H2,1-2H3/t6-,7+/m1/s1. The van der Waals surface area contributed by atoms with Gasteiger partial charge in [-0.1, -0.05) is 0 Å². The summed E-state index contributed by atoms with van der Waals surface area (Å²) in [6, 6.07) is 0.681. The highest BCUT2D eigenvalue weighted by atomic mass is 14.9. The van der Waals surface area contributed by atoms with Crippen LogP contribution in [0.4, 0.5) is 0 Å². The van der Waals surface area contributed by atoms with E-state index in [1.165, 1.54) is 19.5 Å². The molecule has 0 spiro atoms. The Morgan fingerprint density at radius 3 is 2.89 bits per heavy atom. The molecule has 2 atom stereocenters. The summed E-state index contributed by atoms with van der Waals surface area (Å²) in [5, 5.41) is 6.61. The molecule has 0 aromatic heterocycles. The lowest BCUT2D eigenvalue weighted by Gasteiger charge is -2.16. The van der Waals surface area contributed by atoms with E-state index < -0.39 is 0 Å². The van der Waals surface area contributed by atoms with Gasteiger partial charge in [0, 0.05) is 6.04 Å². The molecule has 1 fully saturated rings. The van der Waals surface area contributed by atoms with Crippen molar-refractivity contribution in [2.24, 2.45) is 5.92 Å². The molecule has 0 aromatic carbocycles. The monoisotopic (exact) mass is 128 g/mol. The van der Waals surface area contributed by atoms with Gasteiger partial charge in [0.2, 0.25) is 0 Å². The third kappa shape index (κ3) is 1.66. The Morgan fingerprint density at radius 1 is 1.67 bits per heavy atom. The van der Waals surface area contributed by atoms with Crippen LogP contribution in [0.5, 0.6) is 0 Å². The van der Waals surface area contributed by atoms with Crippen LogP contribution in [0.3, 0.4) is 0 Å². The van der Waals surface area contributed by atoms with E-state index in [9.17, 15) is 0 Å². The molecule has 54 valence electrons. The summed E-state index contributed by atoms with van der Waals surface area (Å²) in [5.74, 6) is 0.856. The molecule has 0 unspecified atom stereocenters. The van der Waals surface area contributed by atoms with E-state index in [2.05, 4.69) is 17.6 Å². The van der Waals surface area contributed by atoms with E-state index in [0.717, 1.165) is 5.92 Å². The van der Waals surface area contributed by atoms with Gasteiger partial charge in [-0.05, 0) is 39.4 Å². The summed E-state index contributed by atoms with van der Waals surface area (Å²) in [5.41, 5.74) is 0. The lowest BCUT2D eigenvalue weighted by atomic mass is 10.0. The summed E-state index contributed by atoms with van der Waals surface area (Å²) >= 11 is 0. The third-order valence-corrected chi connectivity index (χ3v) is 2.26. The van der Waals surface area contributed by atoms with E-state index in [1.807, 2.05) is 7.05 Å². The molecule has 1 aliphatic rings. The van der Waals surface area contributed by atoms with E-state index in [1.54, 1.807) is 0 Å². The first-order chi connectivity index (χ1) is 4.34. The number of rotatable bonds is 2. The molecular weight excluding hydrogens is 112 g/mol. The zero-order chi connectivity index (χ0) is 6.69. The zero-order valence-electron chi connectivity index (χ0n) is 6.28. The topological polar surface area (TPSA) is 24.1 Å². The smallest absolute Gasteiger partial charge is 0.00765 e. The molecule has 0 bridgehead atoms.